The van der Waals surface area contributed by atoms with E-state index in [-0.39, 0.29) is 0 Å². The van der Waals surface area contributed by atoms with E-state index in [0.29, 0.717) is 0 Å². The third-order valence-electron chi connectivity index (χ3n) is 2.92. The number of rotatable bonds is 6. The second-order valence-corrected chi connectivity index (χ2v) is 4.56. The van der Waals surface area contributed by atoms with Crippen LogP contribution < -0.4 is 10.1 Å². The lowest BCUT2D eigenvalue weighted by Gasteiger charge is -2.06. The highest BCUT2D eigenvalue weighted by Gasteiger charge is 2.15. The fourth-order valence-corrected chi connectivity index (χ4v) is 2.05. The molecule has 0 aliphatic carbocycles. The molecule has 2 aromatic rings. The van der Waals surface area contributed by atoms with Crippen LogP contribution in [0.1, 0.15) is 24.6 Å². The summed E-state index contributed by atoms with van der Waals surface area (Å²) in [6.45, 7) is 5.74. The molecule has 0 radical (unpaired) electrons. The monoisotopic (exact) mass is 263 g/mol. The molecule has 0 amide bonds. The smallest absolute Gasteiger partial charge is 0.222 e. The van der Waals surface area contributed by atoms with Crippen molar-refractivity contribution in [3.63, 3.8) is 0 Å². The summed E-state index contributed by atoms with van der Waals surface area (Å²) in [5, 5.41) is 11.8. The number of ether oxygens (including phenoxy) is 1. The first-order chi connectivity index (χ1) is 9.15. The molecule has 6 nitrogen and oxygen atoms in total. The SMILES string of the molecule is CCCn1cc(Oc2c(CNC)c(C)nn2C)cn1. The van der Waals surface area contributed by atoms with E-state index in [9.17, 15) is 0 Å². The summed E-state index contributed by atoms with van der Waals surface area (Å²) >= 11 is 0. The van der Waals surface area contributed by atoms with Gasteiger partial charge in [0.1, 0.15) is 0 Å². The van der Waals surface area contributed by atoms with E-state index < -0.39 is 0 Å². The Labute approximate surface area is 113 Å². The summed E-state index contributed by atoms with van der Waals surface area (Å²) in [5.74, 6) is 1.51. The third kappa shape index (κ3) is 2.96. The Hall–Kier alpha value is -1.82. The number of aryl methyl sites for hydroxylation is 3. The van der Waals surface area contributed by atoms with Gasteiger partial charge < -0.3 is 10.1 Å². The molecule has 104 valence electrons. The molecule has 0 bridgehead atoms. The van der Waals surface area contributed by atoms with Crippen LogP contribution in [0.2, 0.25) is 0 Å². The maximum absolute atomic E-state index is 5.92. The van der Waals surface area contributed by atoms with E-state index in [0.717, 1.165) is 42.4 Å². The van der Waals surface area contributed by atoms with Crippen LogP contribution in [0.15, 0.2) is 12.4 Å². The molecule has 0 aliphatic rings. The van der Waals surface area contributed by atoms with Gasteiger partial charge in [0, 0.05) is 20.1 Å². The Bertz CT molecular complexity index is 543. The lowest BCUT2D eigenvalue weighted by atomic mass is 10.2. The van der Waals surface area contributed by atoms with E-state index in [4.69, 9.17) is 4.74 Å². The van der Waals surface area contributed by atoms with E-state index in [1.165, 1.54) is 0 Å². The van der Waals surface area contributed by atoms with E-state index in [1.807, 2.05) is 31.9 Å². The zero-order chi connectivity index (χ0) is 13.8. The average molecular weight is 263 g/mol. The first-order valence-electron chi connectivity index (χ1n) is 6.53. The molecule has 2 aromatic heterocycles. The van der Waals surface area contributed by atoms with Gasteiger partial charge in [0.15, 0.2) is 5.75 Å². The molecule has 6 heteroatoms. The first-order valence-corrected chi connectivity index (χ1v) is 6.53. The molecule has 0 aliphatic heterocycles. The second kappa shape index (κ2) is 5.88. The van der Waals surface area contributed by atoms with Crippen molar-refractivity contribution in [3.05, 3.63) is 23.7 Å². The molecule has 2 rings (SSSR count). The minimum atomic E-state index is 0.734. The number of nitrogens with one attached hydrogen (secondary N) is 1. The Kier molecular flexibility index (Phi) is 4.21. The van der Waals surface area contributed by atoms with Crippen LogP contribution in [0.3, 0.4) is 0 Å². The fraction of sp³-hybridized carbons (Fsp3) is 0.538. The minimum absolute atomic E-state index is 0.734. The summed E-state index contributed by atoms with van der Waals surface area (Å²) in [5.41, 5.74) is 2.06. The largest absolute Gasteiger partial charge is 0.436 e. The molecule has 0 saturated carbocycles. The highest BCUT2D eigenvalue weighted by molar-refractivity contribution is 5.34. The van der Waals surface area contributed by atoms with Crippen LogP contribution in [0.25, 0.3) is 0 Å². The standard InChI is InChI=1S/C13H21N5O/c1-5-6-18-9-11(7-15-18)19-13-12(8-14-3)10(2)16-17(13)4/h7,9,14H,5-6,8H2,1-4H3. The molecule has 0 unspecified atom stereocenters. The van der Waals surface area contributed by atoms with Crippen LogP contribution in [0.5, 0.6) is 11.6 Å². The van der Waals surface area contributed by atoms with Gasteiger partial charge in [-0.25, -0.2) is 4.68 Å². The quantitative estimate of drug-likeness (QED) is 0.864. The molecular formula is C13H21N5O. The van der Waals surface area contributed by atoms with Gasteiger partial charge in [-0.1, -0.05) is 6.92 Å². The summed E-state index contributed by atoms with van der Waals surface area (Å²) < 4.78 is 9.57. The molecular weight excluding hydrogens is 242 g/mol. The first kappa shape index (κ1) is 13.6. The average Bonchev–Trinajstić information content (AvgIpc) is 2.90. The van der Waals surface area contributed by atoms with Crippen molar-refractivity contribution < 1.29 is 4.74 Å². The zero-order valence-electron chi connectivity index (χ0n) is 12.0. The van der Waals surface area contributed by atoms with Crippen LogP contribution >= 0.6 is 0 Å². The highest BCUT2D eigenvalue weighted by Crippen LogP contribution is 2.26. The number of hydrogen-bond donors (Lipinski definition) is 1. The summed E-state index contributed by atoms with van der Waals surface area (Å²) in [4.78, 5) is 0. The summed E-state index contributed by atoms with van der Waals surface area (Å²) in [6, 6.07) is 0. The maximum Gasteiger partial charge on any atom is 0.222 e. The molecule has 1 N–H and O–H groups in total. The number of hydrogen-bond acceptors (Lipinski definition) is 4. The normalized spacial score (nSPS) is 10.9. The molecule has 0 saturated heterocycles. The highest BCUT2D eigenvalue weighted by atomic mass is 16.5. The van der Waals surface area contributed by atoms with Gasteiger partial charge in [-0.2, -0.15) is 10.2 Å². The van der Waals surface area contributed by atoms with Gasteiger partial charge in [0.2, 0.25) is 5.88 Å². The Morgan fingerprint density at radius 1 is 1.42 bits per heavy atom. The minimum Gasteiger partial charge on any atom is -0.436 e. The van der Waals surface area contributed by atoms with Gasteiger partial charge in [0.25, 0.3) is 0 Å². The van der Waals surface area contributed by atoms with Crippen molar-refractivity contribution in [2.24, 2.45) is 7.05 Å². The molecule has 0 fully saturated rings. The topological polar surface area (TPSA) is 56.9 Å². The second-order valence-electron chi connectivity index (χ2n) is 4.56. The van der Waals surface area contributed by atoms with Gasteiger partial charge >= 0.3 is 0 Å². The van der Waals surface area contributed by atoms with Crippen molar-refractivity contribution in [3.8, 4) is 11.6 Å². The van der Waals surface area contributed by atoms with Crippen molar-refractivity contribution in [1.82, 2.24) is 24.9 Å². The number of nitrogens with zero attached hydrogens (tertiary/aromatic N) is 4. The molecule has 0 atom stereocenters. The summed E-state index contributed by atoms with van der Waals surface area (Å²) in [6.07, 6.45) is 4.70. The van der Waals surface area contributed by atoms with Gasteiger partial charge in [-0.05, 0) is 20.4 Å². The Morgan fingerprint density at radius 2 is 2.21 bits per heavy atom. The fourth-order valence-electron chi connectivity index (χ4n) is 2.05. The van der Waals surface area contributed by atoms with Gasteiger partial charge in [-0.3, -0.25) is 4.68 Å². The zero-order valence-corrected chi connectivity index (χ0v) is 12.0. The van der Waals surface area contributed by atoms with Crippen LogP contribution in [0.4, 0.5) is 0 Å². The van der Waals surface area contributed by atoms with Crippen molar-refractivity contribution in [2.75, 3.05) is 7.05 Å². The van der Waals surface area contributed by atoms with E-state index in [2.05, 4.69) is 22.4 Å². The lowest BCUT2D eigenvalue weighted by Crippen LogP contribution is -2.07. The lowest BCUT2D eigenvalue weighted by molar-refractivity contribution is 0.423. The predicted octanol–water partition coefficient (Wildman–Crippen LogP) is 1.85. The van der Waals surface area contributed by atoms with E-state index in [1.54, 1.807) is 10.9 Å². The van der Waals surface area contributed by atoms with Gasteiger partial charge in [0.05, 0.1) is 23.7 Å². The molecule has 0 aromatic carbocycles. The van der Waals surface area contributed by atoms with E-state index >= 15 is 0 Å². The van der Waals surface area contributed by atoms with Crippen molar-refractivity contribution in [2.45, 2.75) is 33.4 Å². The molecule has 2 heterocycles. The van der Waals surface area contributed by atoms with Crippen LogP contribution in [-0.2, 0) is 20.1 Å². The van der Waals surface area contributed by atoms with Crippen LogP contribution in [-0.4, -0.2) is 26.6 Å². The number of aromatic nitrogens is 4. The predicted molar refractivity (Wildman–Crippen MR) is 73.3 cm³/mol. The molecule has 0 spiro atoms. The molecule has 19 heavy (non-hydrogen) atoms. The van der Waals surface area contributed by atoms with Crippen LogP contribution in [0, 0.1) is 6.92 Å². The Balaban J connectivity index is 2.21. The van der Waals surface area contributed by atoms with Gasteiger partial charge in [-0.15, -0.1) is 0 Å². The van der Waals surface area contributed by atoms with Crippen molar-refractivity contribution in [1.29, 1.82) is 0 Å². The summed E-state index contributed by atoms with van der Waals surface area (Å²) in [7, 11) is 3.80. The maximum atomic E-state index is 5.92. The van der Waals surface area contributed by atoms with Crippen molar-refractivity contribution >= 4 is 0 Å². The third-order valence-corrected chi connectivity index (χ3v) is 2.92. The Morgan fingerprint density at radius 3 is 2.89 bits per heavy atom.